The van der Waals surface area contributed by atoms with Gasteiger partial charge in [0.25, 0.3) is 0 Å². The summed E-state index contributed by atoms with van der Waals surface area (Å²) in [5.41, 5.74) is 0. The highest BCUT2D eigenvalue weighted by molar-refractivity contribution is 8.16. The third kappa shape index (κ3) is 4.22. The second kappa shape index (κ2) is 3.41. The first-order chi connectivity index (χ1) is 2.77. The van der Waals surface area contributed by atoms with Gasteiger partial charge in [-0.05, 0) is 6.92 Å². The molecule has 0 bridgehead atoms. The first-order valence-electron chi connectivity index (χ1n) is 1.84. The molecule has 0 aliphatic heterocycles. The van der Waals surface area contributed by atoms with E-state index in [-0.39, 0.29) is 5.88 Å². The van der Waals surface area contributed by atoms with Gasteiger partial charge in [-0.25, -0.2) is 12.5 Å². The Balaban J connectivity index is 3.03. The Labute approximate surface area is 45.8 Å². The fourth-order valence-electron chi connectivity index (χ4n) is 0.197. The molecule has 0 spiro atoms. The maximum Gasteiger partial charge on any atom is 0.178 e. The van der Waals surface area contributed by atoms with Gasteiger partial charge in [0.15, 0.2) is 5.88 Å². The van der Waals surface area contributed by atoms with Gasteiger partial charge in [0.2, 0.25) is 0 Å². The largest absolute Gasteiger partial charge is 0.232 e. The van der Waals surface area contributed by atoms with Crippen molar-refractivity contribution in [3.8, 4) is 0 Å². The Hall–Kier alpha value is 0.220. The van der Waals surface area contributed by atoms with E-state index in [0.717, 1.165) is 0 Å². The lowest BCUT2D eigenvalue weighted by Gasteiger charge is -1.80. The van der Waals surface area contributed by atoms with E-state index >= 15 is 0 Å². The van der Waals surface area contributed by atoms with Crippen LogP contribution < -0.4 is 0 Å². The molecular formula is C3H6B2S. The standard InChI is InChI=1S/C3H6B2S/c1-2-3-5(4)6/h2-3,6H,1H3. The van der Waals surface area contributed by atoms with Gasteiger partial charge in [-0.1, -0.05) is 6.08 Å². The van der Waals surface area contributed by atoms with Crippen LogP contribution in [0.15, 0.2) is 12.1 Å². The van der Waals surface area contributed by atoms with Crippen LogP contribution in [0, 0.1) is 0 Å². The summed E-state index contributed by atoms with van der Waals surface area (Å²) >= 11 is 3.87. The molecule has 0 aromatic rings. The molecule has 0 rings (SSSR count). The first kappa shape index (κ1) is 6.22. The van der Waals surface area contributed by atoms with E-state index in [1.54, 1.807) is 0 Å². The molecule has 0 atom stereocenters. The van der Waals surface area contributed by atoms with Gasteiger partial charge >= 0.3 is 0 Å². The minimum absolute atomic E-state index is 0.0880. The smallest absolute Gasteiger partial charge is 0.178 e. The molecule has 0 aromatic heterocycles. The van der Waals surface area contributed by atoms with E-state index in [2.05, 4.69) is 12.5 Å². The van der Waals surface area contributed by atoms with Crippen molar-refractivity contribution in [3.63, 3.8) is 0 Å². The maximum atomic E-state index is 5.18. The lowest BCUT2D eigenvalue weighted by Crippen LogP contribution is -1.95. The average Bonchev–Trinajstić information content (AvgIpc) is 1.35. The van der Waals surface area contributed by atoms with Crippen LogP contribution in [0.5, 0.6) is 0 Å². The van der Waals surface area contributed by atoms with E-state index < -0.39 is 0 Å². The van der Waals surface area contributed by atoms with Gasteiger partial charge in [-0.3, -0.25) is 0 Å². The van der Waals surface area contributed by atoms with Crippen molar-refractivity contribution >= 4 is 26.1 Å². The second-order valence-electron chi connectivity index (χ2n) is 1.02. The molecule has 0 unspecified atom stereocenters. The Kier molecular flexibility index (Phi) is 3.54. The third-order valence-electron chi connectivity index (χ3n) is 0.390. The summed E-state index contributed by atoms with van der Waals surface area (Å²) in [6.45, 7) is 1.91. The maximum absolute atomic E-state index is 5.18. The molecule has 0 saturated carbocycles. The van der Waals surface area contributed by atoms with E-state index in [1.165, 1.54) is 0 Å². The van der Waals surface area contributed by atoms with Crippen molar-refractivity contribution in [2.75, 3.05) is 0 Å². The van der Waals surface area contributed by atoms with Gasteiger partial charge < -0.3 is 0 Å². The summed E-state index contributed by atoms with van der Waals surface area (Å²) in [5, 5.41) is 0. The second-order valence-corrected chi connectivity index (χ2v) is 1.61. The Morgan fingerprint density at radius 3 is 2.33 bits per heavy atom. The number of hydrogen-bond acceptors (Lipinski definition) is 1. The lowest BCUT2D eigenvalue weighted by molar-refractivity contribution is 1.78. The first-order valence-corrected chi connectivity index (χ1v) is 2.35. The summed E-state index contributed by atoms with van der Waals surface area (Å²) in [7, 11) is 5.18. The predicted octanol–water partition coefficient (Wildman–Crippen LogP) is 0.688. The van der Waals surface area contributed by atoms with Crippen molar-refractivity contribution in [2.45, 2.75) is 6.92 Å². The molecule has 0 saturated heterocycles. The zero-order valence-corrected chi connectivity index (χ0v) is 4.65. The summed E-state index contributed by atoms with van der Waals surface area (Å²) in [6, 6.07) is 0. The monoisotopic (exact) mass is 96.0 g/mol. The number of rotatable bonds is 1. The highest BCUT2D eigenvalue weighted by Crippen LogP contribution is 1.80. The van der Waals surface area contributed by atoms with E-state index in [1.807, 2.05) is 19.0 Å². The summed E-state index contributed by atoms with van der Waals surface area (Å²) in [6.07, 6.45) is 1.87. The van der Waals surface area contributed by atoms with Crippen molar-refractivity contribution in [1.29, 1.82) is 0 Å². The van der Waals surface area contributed by atoms with Crippen LogP contribution in [0.2, 0.25) is 0 Å². The molecule has 0 heterocycles. The molecule has 0 N–H and O–H groups in total. The average molecular weight is 95.8 g/mol. The molecule has 0 aliphatic carbocycles. The van der Waals surface area contributed by atoms with Gasteiger partial charge in [0.05, 0.1) is 0 Å². The normalized spacial score (nSPS) is 9.67. The van der Waals surface area contributed by atoms with Crippen molar-refractivity contribution in [3.05, 3.63) is 12.1 Å². The Morgan fingerprint density at radius 1 is 1.83 bits per heavy atom. The van der Waals surface area contributed by atoms with Crippen LogP contribution in [0.25, 0.3) is 0 Å². The van der Waals surface area contributed by atoms with E-state index in [9.17, 15) is 0 Å². The van der Waals surface area contributed by atoms with Gasteiger partial charge in [0, 0.05) is 7.74 Å². The fourth-order valence-corrected chi connectivity index (χ4v) is 0.369. The van der Waals surface area contributed by atoms with Crippen molar-refractivity contribution < 1.29 is 0 Å². The SMILES string of the molecule is [B]B(S)C=CC. The molecule has 6 heavy (non-hydrogen) atoms. The van der Waals surface area contributed by atoms with Gasteiger partial charge in [0.1, 0.15) is 0 Å². The van der Waals surface area contributed by atoms with Gasteiger partial charge in [-0.15, -0.1) is 5.98 Å². The molecule has 0 fully saturated rings. The third-order valence-corrected chi connectivity index (χ3v) is 0.562. The molecule has 0 amide bonds. The zero-order valence-electron chi connectivity index (χ0n) is 3.76. The van der Waals surface area contributed by atoms with Crippen LogP contribution in [0.1, 0.15) is 6.92 Å². The zero-order chi connectivity index (χ0) is 4.99. The molecule has 0 aliphatic rings. The van der Waals surface area contributed by atoms with Crippen LogP contribution in [0.3, 0.4) is 0 Å². The molecule has 3 heteroatoms. The minimum atomic E-state index is -0.0880. The minimum Gasteiger partial charge on any atom is -0.232 e. The Morgan fingerprint density at radius 2 is 2.33 bits per heavy atom. The van der Waals surface area contributed by atoms with Crippen molar-refractivity contribution in [2.24, 2.45) is 0 Å². The summed E-state index contributed by atoms with van der Waals surface area (Å²) < 4.78 is 0. The van der Waals surface area contributed by atoms with Crippen LogP contribution in [-0.4, -0.2) is 13.6 Å². The highest BCUT2D eigenvalue weighted by atomic mass is 32.1. The highest BCUT2D eigenvalue weighted by Gasteiger charge is 1.84. The number of thiol groups is 1. The van der Waals surface area contributed by atoms with Crippen LogP contribution in [0.4, 0.5) is 0 Å². The van der Waals surface area contributed by atoms with E-state index in [4.69, 9.17) is 7.74 Å². The van der Waals surface area contributed by atoms with Gasteiger partial charge in [-0.2, -0.15) is 0 Å². The predicted molar refractivity (Wildman–Crippen MR) is 35.3 cm³/mol. The van der Waals surface area contributed by atoms with Crippen LogP contribution in [-0.2, 0) is 0 Å². The summed E-state index contributed by atoms with van der Waals surface area (Å²) in [4.78, 5) is 0. The molecule has 0 nitrogen and oxygen atoms in total. The molecular weight excluding hydrogens is 89.7 g/mol. The number of hydrogen-bond donors (Lipinski definition) is 1. The van der Waals surface area contributed by atoms with E-state index in [0.29, 0.717) is 0 Å². The van der Waals surface area contributed by atoms with Crippen LogP contribution >= 0.6 is 12.5 Å². The molecule has 0 aromatic carbocycles. The molecule has 30 valence electrons. The lowest BCUT2D eigenvalue weighted by atomic mass is 9.54. The quantitative estimate of drug-likeness (QED) is 0.360. The van der Waals surface area contributed by atoms with Crippen molar-refractivity contribution in [1.82, 2.24) is 0 Å². The topological polar surface area (TPSA) is 0 Å². The number of allylic oxidation sites excluding steroid dienone is 1. The Bertz CT molecular complexity index is 50.8. The molecule has 2 radical (unpaired) electrons. The fraction of sp³-hybridized carbons (Fsp3) is 0.333. The summed E-state index contributed by atoms with van der Waals surface area (Å²) in [5.74, 6) is 1.72.